The van der Waals surface area contributed by atoms with Crippen molar-refractivity contribution in [2.75, 3.05) is 6.61 Å². The molecule has 0 amide bonds. The summed E-state index contributed by atoms with van der Waals surface area (Å²) in [5.41, 5.74) is -4.30. The van der Waals surface area contributed by atoms with Crippen molar-refractivity contribution in [3.05, 3.63) is 45.5 Å². The number of aromatic hydroxyl groups is 4. The highest BCUT2D eigenvalue weighted by Gasteiger charge is 2.48. The zero-order chi connectivity index (χ0) is 25.2. The van der Waals surface area contributed by atoms with Crippen molar-refractivity contribution in [1.29, 1.82) is 0 Å². The van der Waals surface area contributed by atoms with Crippen molar-refractivity contribution in [3.63, 3.8) is 0 Å². The van der Waals surface area contributed by atoms with Crippen LogP contribution in [0.15, 0.2) is 12.1 Å². The maximum Gasteiger partial charge on any atom is 0.339 e. The third-order valence-electron chi connectivity index (χ3n) is 5.94. The van der Waals surface area contributed by atoms with E-state index in [0.717, 1.165) is 0 Å². The molecular formula is C21H18O13. The van der Waals surface area contributed by atoms with Gasteiger partial charge in [0.1, 0.15) is 47.6 Å². The average Bonchev–Trinajstić information content (AvgIpc) is 2.79. The topological polar surface area (TPSA) is 243 Å². The van der Waals surface area contributed by atoms with Gasteiger partial charge >= 0.3 is 5.97 Å². The Labute approximate surface area is 189 Å². The van der Waals surface area contributed by atoms with Gasteiger partial charge in [-0.05, 0) is 12.1 Å². The van der Waals surface area contributed by atoms with Gasteiger partial charge in [-0.1, -0.05) is 0 Å². The Balaban J connectivity index is 1.95. The standard InChI is InChI=1S/C21H18O13/c22-3-8-14(26)18(30)19(31)20(34-8)11-15(27)9-10(16(28)17(11)29)13(25)5-2-7(23)6(21(32)33)1-4(5)12(9)24/h1-2,8,14,18-20,22-23,26-31H,3H2,(H,32,33)/t8-,14-,18+,19-,20-/m1/s1. The number of hydrogen-bond acceptors (Lipinski definition) is 12. The van der Waals surface area contributed by atoms with E-state index in [0.29, 0.717) is 12.1 Å². The number of aliphatic hydroxyl groups excluding tert-OH is 4. The molecule has 1 heterocycles. The van der Waals surface area contributed by atoms with Crippen LogP contribution < -0.4 is 0 Å². The highest BCUT2D eigenvalue weighted by atomic mass is 16.5. The number of aromatic carboxylic acids is 1. The lowest BCUT2D eigenvalue weighted by Crippen LogP contribution is -2.55. The van der Waals surface area contributed by atoms with Gasteiger partial charge in [0, 0.05) is 11.1 Å². The van der Waals surface area contributed by atoms with E-state index in [4.69, 9.17) is 4.74 Å². The SMILES string of the molecule is O=C(O)c1cc2c(cc1O)C(=O)c1c(O)c(O)c([C@H]3O[C@H](CO)[C@@H](O)[C@H](O)[C@H]3O)c(O)c1C2=O. The number of aliphatic hydroxyl groups is 4. The first-order chi connectivity index (χ1) is 15.9. The number of rotatable bonds is 3. The summed E-state index contributed by atoms with van der Waals surface area (Å²) in [4.78, 5) is 37.5. The zero-order valence-corrected chi connectivity index (χ0v) is 16.9. The molecule has 1 aliphatic heterocycles. The van der Waals surface area contributed by atoms with Crippen LogP contribution in [0, 0.1) is 0 Å². The van der Waals surface area contributed by atoms with Crippen molar-refractivity contribution in [3.8, 4) is 23.0 Å². The quantitative estimate of drug-likeness (QED) is 0.154. The Morgan fingerprint density at radius 1 is 0.824 bits per heavy atom. The first kappa shape index (κ1) is 23.4. The minimum absolute atomic E-state index is 0.505. The summed E-state index contributed by atoms with van der Waals surface area (Å²) < 4.78 is 5.27. The molecule has 13 heteroatoms. The molecule has 180 valence electrons. The van der Waals surface area contributed by atoms with Crippen molar-refractivity contribution < 1.29 is 65.1 Å². The first-order valence-corrected chi connectivity index (χ1v) is 9.73. The molecule has 0 spiro atoms. The summed E-state index contributed by atoms with van der Waals surface area (Å²) in [6.45, 7) is -0.855. The van der Waals surface area contributed by atoms with Crippen LogP contribution in [0.2, 0.25) is 0 Å². The Morgan fingerprint density at radius 2 is 1.38 bits per heavy atom. The lowest BCUT2D eigenvalue weighted by Gasteiger charge is -2.40. The lowest BCUT2D eigenvalue weighted by molar-refractivity contribution is -0.232. The van der Waals surface area contributed by atoms with Gasteiger partial charge in [-0.25, -0.2) is 4.79 Å². The van der Waals surface area contributed by atoms with Crippen LogP contribution in [0.3, 0.4) is 0 Å². The lowest BCUT2D eigenvalue weighted by atomic mass is 9.79. The second kappa shape index (κ2) is 7.93. The second-order valence-corrected chi connectivity index (χ2v) is 7.84. The third kappa shape index (κ3) is 3.10. The molecule has 0 bridgehead atoms. The molecular weight excluding hydrogens is 460 g/mol. The van der Waals surface area contributed by atoms with Crippen LogP contribution in [-0.4, -0.2) is 94.5 Å². The van der Waals surface area contributed by atoms with Crippen LogP contribution in [0.5, 0.6) is 23.0 Å². The molecule has 1 aliphatic carbocycles. The molecule has 1 fully saturated rings. The van der Waals surface area contributed by atoms with Gasteiger partial charge in [-0.15, -0.1) is 0 Å². The minimum atomic E-state index is -2.02. The van der Waals surface area contributed by atoms with Gasteiger partial charge in [-0.3, -0.25) is 9.59 Å². The summed E-state index contributed by atoms with van der Waals surface area (Å²) in [6.07, 6.45) is -9.11. The summed E-state index contributed by atoms with van der Waals surface area (Å²) in [5, 5.41) is 90.8. The number of phenolic OH excluding ortho intramolecular Hbond substituents is 3. The monoisotopic (exact) mass is 478 g/mol. The van der Waals surface area contributed by atoms with E-state index in [1.165, 1.54) is 0 Å². The van der Waals surface area contributed by atoms with E-state index in [1.54, 1.807) is 0 Å². The zero-order valence-electron chi connectivity index (χ0n) is 16.9. The van der Waals surface area contributed by atoms with E-state index in [1.807, 2.05) is 0 Å². The Morgan fingerprint density at radius 3 is 1.94 bits per heavy atom. The average molecular weight is 478 g/mol. The Bertz CT molecular complexity index is 1250. The molecule has 0 saturated carbocycles. The molecule has 0 aromatic heterocycles. The number of hydrogen-bond donors (Lipinski definition) is 9. The molecule has 4 rings (SSSR count). The predicted molar refractivity (Wildman–Crippen MR) is 106 cm³/mol. The fourth-order valence-electron chi connectivity index (χ4n) is 4.19. The number of carboxylic acid groups (broad SMARTS) is 1. The van der Waals surface area contributed by atoms with Crippen LogP contribution in [0.4, 0.5) is 0 Å². The number of ether oxygens (including phenoxy) is 1. The maximum absolute atomic E-state index is 13.2. The number of carbonyl (C=O) groups is 3. The summed E-state index contributed by atoms with van der Waals surface area (Å²) >= 11 is 0. The smallest absolute Gasteiger partial charge is 0.339 e. The number of fused-ring (bicyclic) bond motifs is 2. The largest absolute Gasteiger partial charge is 0.507 e. The molecule has 9 N–H and O–H groups in total. The van der Waals surface area contributed by atoms with Gasteiger partial charge in [0.15, 0.2) is 23.1 Å². The van der Waals surface area contributed by atoms with Gasteiger partial charge in [-0.2, -0.15) is 0 Å². The second-order valence-electron chi connectivity index (χ2n) is 7.84. The van der Waals surface area contributed by atoms with Gasteiger partial charge < -0.3 is 50.7 Å². The molecule has 13 nitrogen and oxygen atoms in total. The molecule has 34 heavy (non-hydrogen) atoms. The summed E-state index contributed by atoms with van der Waals surface area (Å²) in [5.74, 6) is -8.30. The number of benzene rings is 2. The molecule has 0 radical (unpaired) electrons. The van der Waals surface area contributed by atoms with E-state index in [2.05, 4.69) is 0 Å². The predicted octanol–water partition coefficient (Wildman–Crippen LogP) is -1.50. The molecule has 2 aromatic rings. The highest BCUT2D eigenvalue weighted by molar-refractivity contribution is 6.31. The first-order valence-electron chi connectivity index (χ1n) is 9.73. The summed E-state index contributed by atoms with van der Waals surface area (Å²) in [7, 11) is 0. The third-order valence-corrected chi connectivity index (χ3v) is 5.94. The van der Waals surface area contributed by atoms with Crippen LogP contribution in [0.25, 0.3) is 0 Å². The van der Waals surface area contributed by atoms with E-state index in [9.17, 15) is 60.3 Å². The number of carbonyl (C=O) groups excluding carboxylic acids is 2. The minimum Gasteiger partial charge on any atom is -0.507 e. The van der Waals surface area contributed by atoms with Crippen molar-refractivity contribution >= 4 is 17.5 Å². The maximum atomic E-state index is 13.2. The van der Waals surface area contributed by atoms with Crippen LogP contribution >= 0.6 is 0 Å². The normalized spacial score (nSPS) is 26.2. The van der Waals surface area contributed by atoms with Gasteiger partial charge in [0.05, 0.1) is 23.3 Å². The van der Waals surface area contributed by atoms with E-state index >= 15 is 0 Å². The van der Waals surface area contributed by atoms with Crippen molar-refractivity contribution in [2.24, 2.45) is 0 Å². The van der Waals surface area contributed by atoms with E-state index < -0.39 is 111 Å². The highest BCUT2D eigenvalue weighted by Crippen LogP contribution is 2.51. The Hall–Kier alpha value is -3.75. The molecule has 1 saturated heterocycles. The molecule has 2 aromatic carbocycles. The number of ketones is 2. The molecule has 2 aliphatic rings. The van der Waals surface area contributed by atoms with Crippen LogP contribution in [0.1, 0.15) is 53.9 Å². The number of phenols is 4. The molecule has 0 unspecified atom stereocenters. The van der Waals surface area contributed by atoms with Crippen LogP contribution in [-0.2, 0) is 4.74 Å². The number of carboxylic acids is 1. The fourth-order valence-corrected chi connectivity index (χ4v) is 4.19. The van der Waals surface area contributed by atoms with Gasteiger partial charge in [0.25, 0.3) is 0 Å². The van der Waals surface area contributed by atoms with Crippen molar-refractivity contribution in [2.45, 2.75) is 30.5 Å². The van der Waals surface area contributed by atoms with Gasteiger partial charge in [0.2, 0.25) is 0 Å². The van der Waals surface area contributed by atoms with E-state index in [-0.39, 0.29) is 0 Å². The fraction of sp³-hybridized carbons (Fsp3) is 0.286. The molecule has 5 atom stereocenters. The van der Waals surface area contributed by atoms with Crippen molar-refractivity contribution in [1.82, 2.24) is 0 Å². The summed E-state index contributed by atoms with van der Waals surface area (Å²) in [6, 6.07) is 1.40. The Kier molecular flexibility index (Phi) is 5.46.